The molecular formula is C41H41Cl5N4O6S. The predicted molar refractivity (Wildman–Crippen MR) is 232 cm³/mol. The molecule has 4 aromatic carbocycles. The molecule has 0 bridgehead atoms. The Bertz CT molecular complexity index is 2270. The second kappa shape index (κ2) is 22.1. The van der Waals surface area contributed by atoms with Crippen LogP contribution in [0.15, 0.2) is 90.0 Å². The second-order valence-corrected chi connectivity index (χ2v) is 14.9. The lowest BCUT2D eigenvalue weighted by molar-refractivity contribution is -0.113. The Morgan fingerprint density at radius 3 is 1.47 bits per heavy atom. The Balaban J connectivity index is 0.000000218. The number of hydrogen-bond donors (Lipinski definition) is 0. The number of benzene rings is 4. The van der Waals surface area contributed by atoms with Crippen LogP contribution < -0.4 is 18.9 Å². The average molecular weight is 895 g/mol. The molecule has 2 heterocycles. The van der Waals surface area contributed by atoms with Crippen molar-refractivity contribution in [1.82, 2.24) is 20.1 Å². The summed E-state index contributed by atoms with van der Waals surface area (Å²) in [4.78, 5) is 19.1. The molecule has 2 aromatic heterocycles. The number of halogens is 5. The highest BCUT2D eigenvalue weighted by atomic mass is 35.5. The molecule has 0 aliphatic carbocycles. The van der Waals surface area contributed by atoms with Gasteiger partial charge in [-0.25, -0.2) is 9.97 Å². The van der Waals surface area contributed by atoms with Gasteiger partial charge in [-0.3, -0.25) is 0 Å². The third-order valence-corrected chi connectivity index (χ3v) is 11.1. The first kappa shape index (κ1) is 44.6. The maximum Gasteiger partial charge on any atom is 0.171 e. The summed E-state index contributed by atoms with van der Waals surface area (Å²) in [5.41, 5.74) is 1.50. The van der Waals surface area contributed by atoms with E-state index in [4.69, 9.17) is 86.6 Å². The first-order chi connectivity index (χ1) is 27.5. The maximum atomic E-state index is 6.32. The van der Waals surface area contributed by atoms with Gasteiger partial charge in [-0.15, -0.1) is 11.8 Å². The minimum absolute atomic E-state index is 0.256. The van der Waals surface area contributed by atoms with Crippen LogP contribution in [0.2, 0.25) is 25.2 Å². The van der Waals surface area contributed by atoms with Crippen LogP contribution in [0.5, 0.6) is 23.0 Å². The number of hydrogen-bond acceptors (Lipinski definition) is 11. The summed E-state index contributed by atoms with van der Waals surface area (Å²) >= 11 is 32.6. The third-order valence-electron chi connectivity index (χ3n) is 8.47. The van der Waals surface area contributed by atoms with Crippen molar-refractivity contribution in [2.75, 3.05) is 60.9 Å². The van der Waals surface area contributed by atoms with E-state index >= 15 is 0 Å². The molecule has 0 radical (unpaired) electrons. The SMILES string of the molecule is CON(C)CCOc1ccc(COc2cccc3c(Cl)c(Cl)ccc23)nc1Cl.CON(C)CCOc1ccc(COc2cccc3c(Cl)c(Cl)ccc23)nc1SC. The fraction of sp³-hybridized carbons (Fsp3) is 0.268. The van der Waals surface area contributed by atoms with E-state index in [9.17, 15) is 0 Å². The molecule has 0 aliphatic rings. The van der Waals surface area contributed by atoms with E-state index in [1.54, 1.807) is 42.5 Å². The summed E-state index contributed by atoms with van der Waals surface area (Å²) in [7, 11) is 6.90. The number of pyridine rings is 2. The monoisotopic (exact) mass is 892 g/mol. The summed E-state index contributed by atoms with van der Waals surface area (Å²) in [6.07, 6.45) is 1.97. The van der Waals surface area contributed by atoms with Gasteiger partial charge in [0.05, 0.1) is 58.8 Å². The summed E-state index contributed by atoms with van der Waals surface area (Å²) < 4.78 is 23.4. The van der Waals surface area contributed by atoms with Crippen LogP contribution in [0.25, 0.3) is 21.5 Å². The number of hydroxylamine groups is 4. The van der Waals surface area contributed by atoms with Crippen molar-refractivity contribution in [1.29, 1.82) is 0 Å². The predicted octanol–water partition coefficient (Wildman–Crippen LogP) is 11.4. The van der Waals surface area contributed by atoms with Gasteiger partial charge in [0.15, 0.2) is 16.7 Å². The summed E-state index contributed by atoms with van der Waals surface area (Å²) in [5, 5.41) is 10.0. The van der Waals surface area contributed by atoms with Crippen molar-refractivity contribution in [3.63, 3.8) is 0 Å². The van der Waals surface area contributed by atoms with Gasteiger partial charge in [-0.05, 0) is 66.9 Å². The van der Waals surface area contributed by atoms with Crippen molar-refractivity contribution in [2.24, 2.45) is 0 Å². The Hall–Kier alpha value is -3.46. The molecule has 0 unspecified atom stereocenters. The van der Waals surface area contributed by atoms with E-state index in [0.717, 1.165) is 43.8 Å². The molecule has 0 amide bonds. The molecule has 0 N–H and O–H groups in total. The lowest BCUT2D eigenvalue weighted by Crippen LogP contribution is -2.23. The van der Waals surface area contributed by atoms with Crippen LogP contribution in [0.1, 0.15) is 11.4 Å². The number of fused-ring (bicyclic) bond motifs is 2. The quantitative estimate of drug-likeness (QED) is 0.0498. The van der Waals surface area contributed by atoms with Crippen LogP contribution in [0.3, 0.4) is 0 Å². The van der Waals surface area contributed by atoms with E-state index in [1.807, 2.05) is 87.1 Å². The van der Waals surface area contributed by atoms with Crippen molar-refractivity contribution >= 4 is 91.3 Å². The minimum atomic E-state index is 0.256. The molecular weight excluding hydrogens is 854 g/mol. The zero-order valence-electron chi connectivity index (χ0n) is 31.9. The van der Waals surface area contributed by atoms with Gasteiger partial charge in [-0.1, -0.05) is 82.3 Å². The number of rotatable bonds is 17. The molecule has 6 rings (SSSR count). The highest BCUT2D eigenvalue weighted by molar-refractivity contribution is 7.98. The van der Waals surface area contributed by atoms with Crippen LogP contribution in [0.4, 0.5) is 0 Å². The van der Waals surface area contributed by atoms with Crippen LogP contribution in [-0.4, -0.2) is 81.0 Å². The first-order valence-electron chi connectivity index (χ1n) is 17.5. The van der Waals surface area contributed by atoms with Gasteiger partial charge in [-0.2, -0.15) is 10.1 Å². The summed E-state index contributed by atoms with van der Waals surface area (Å²) in [5.74, 6) is 2.69. The van der Waals surface area contributed by atoms with Gasteiger partial charge in [0, 0.05) is 35.6 Å². The number of thioether (sulfide) groups is 1. The Morgan fingerprint density at radius 2 is 1.00 bits per heavy atom. The third kappa shape index (κ3) is 12.3. The minimum Gasteiger partial charge on any atom is -0.489 e. The molecule has 6 aromatic rings. The number of nitrogens with zero attached hydrogens (tertiary/aromatic N) is 4. The van der Waals surface area contributed by atoms with Gasteiger partial charge in [0.1, 0.15) is 43.0 Å². The molecule has 0 saturated carbocycles. The van der Waals surface area contributed by atoms with Gasteiger partial charge >= 0.3 is 0 Å². The van der Waals surface area contributed by atoms with Crippen molar-refractivity contribution in [3.8, 4) is 23.0 Å². The molecule has 302 valence electrons. The van der Waals surface area contributed by atoms with E-state index < -0.39 is 0 Å². The molecule has 57 heavy (non-hydrogen) atoms. The van der Waals surface area contributed by atoms with Crippen LogP contribution in [0, 0.1) is 0 Å². The van der Waals surface area contributed by atoms with Gasteiger partial charge in [0.2, 0.25) is 0 Å². The lowest BCUT2D eigenvalue weighted by atomic mass is 10.1. The summed E-state index contributed by atoms with van der Waals surface area (Å²) in [6, 6.07) is 26.1. The van der Waals surface area contributed by atoms with E-state index in [2.05, 4.69) is 9.97 Å². The van der Waals surface area contributed by atoms with Crippen molar-refractivity contribution in [2.45, 2.75) is 18.2 Å². The van der Waals surface area contributed by atoms with Crippen molar-refractivity contribution in [3.05, 3.63) is 122 Å². The lowest BCUT2D eigenvalue weighted by Gasteiger charge is -2.15. The van der Waals surface area contributed by atoms with Crippen LogP contribution >= 0.6 is 69.8 Å². The number of likely N-dealkylation sites (N-methyl/N-ethyl adjacent to an activating group) is 2. The normalized spacial score (nSPS) is 11.2. The maximum absolute atomic E-state index is 6.32. The highest BCUT2D eigenvalue weighted by Gasteiger charge is 2.13. The largest absolute Gasteiger partial charge is 0.489 e. The molecule has 16 heteroatoms. The number of aromatic nitrogens is 2. The zero-order chi connectivity index (χ0) is 40.9. The van der Waals surface area contributed by atoms with Crippen molar-refractivity contribution < 1.29 is 28.6 Å². The van der Waals surface area contributed by atoms with Crippen LogP contribution in [-0.2, 0) is 22.9 Å². The van der Waals surface area contributed by atoms with Gasteiger partial charge < -0.3 is 28.6 Å². The first-order valence-corrected chi connectivity index (χ1v) is 20.6. The molecule has 0 fully saturated rings. The molecule has 10 nitrogen and oxygen atoms in total. The average Bonchev–Trinajstić information content (AvgIpc) is 3.23. The van der Waals surface area contributed by atoms with E-state index in [-0.39, 0.29) is 11.8 Å². The van der Waals surface area contributed by atoms with E-state index in [1.165, 1.54) is 11.8 Å². The fourth-order valence-corrected chi connectivity index (χ4v) is 6.83. The Kier molecular flexibility index (Phi) is 17.3. The zero-order valence-corrected chi connectivity index (χ0v) is 36.5. The molecule has 0 spiro atoms. The Morgan fingerprint density at radius 1 is 0.526 bits per heavy atom. The van der Waals surface area contributed by atoms with E-state index in [0.29, 0.717) is 70.2 Å². The standard InChI is InChI=1S/C21H22Cl2N2O3S.C20H19Cl3N2O3/c1-25(26-2)11-12-27-19-10-7-14(24-21(19)29-3)13-28-18-6-4-5-16-15(18)8-9-17(22)20(16)23;1-25(26-2)10-11-27-18-9-6-13(24-20(18)23)12-28-17-5-3-4-15-14(17)7-8-16(21)19(15)22/h4-10H,11-13H2,1-3H3;3-9H,10-12H2,1-2H3. The smallest absolute Gasteiger partial charge is 0.171 e. The molecule has 0 atom stereocenters. The Labute approximate surface area is 361 Å². The summed E-state index contributed by atoms with van der Waals surface area (Å²) in [6.45, 7) is 2.79. The fourth-order valence-electron chi connectivity index (χ4n) is 5.29. The highest BCUT2D eigenvalue weighted by Crippen LogP contribution is 2.37. The van der Waals surface area contributed by atoms with Gasteiger partial charge in [0.25, 0.3) is 0 Å². The second-order valence-electron chi connectivity index (χ2n) is 12.2. The topological polar surface area (TPSA) is 87.6 Å². The molecule has 0 saturated heterocycles. The number of ether oxygens (including phenoxy) is 4. The molecule has 0 aliphatic heterocycles.